The number of anilines is 2. The van der Waals surface area contributed by atoms with Crippen LogP contribution in [0.3, 0.4) is 0 Å². The Kier molecular flexibility index (Phi) is 9.43. The van der Waals surface area contributed by atoms with Crippen molar-refractivity contribution < 1.29 is 40.2 Å². The zero-order valence-corrected chi connectivity index (χ0v) is 20.1. The number of ether oxygens (including phenoxy) is 2. The second-order valence-electron chi connectivity index (χ2n) is 7.64. The van der Waals surface area contributed by atoms with Crippen molar-refractivity contribution in [2.75, 3.05) is 12.4 Å². The van der Waals surface area contributed by atoms with E-state index in [1.807, 2.05) is 0 Å². The van der Waals surface area contributed by atoms with Gasteiger partial charge in [-0.05, 0) is 61.0 Å². The van der Waals surface area contributed by atoms with Gasteiger partial charge in [0.1, 0.15) is 28.8 Å². The summed E-state index contributed by atoms with van der Waals surface area (Å²) >= 11 is 0. The lowest BCUT2D eigenvalue weighted by atomic mass is 10.2. The molecule has 0 aliphatic heterocycles. The highest BCUT2D eigenvalue weighted by Crippen LogP contribution is 2.29. The van der Waals surface area contributed by atoms with E-state index in [1.54, 1.807) is 25.4 Å². The van der Waals surface area contributed by atoms with E-state index in [9.17, 15) is 30.7 Å². The maximum Gasteiger partial charge on any atom is 0.573 e. The van der Waals surface area contributed by atoms with Crippen LogP contribution in [0.4, 0.5) is 42.2 Å². The van der Waals surface area contributed by atoms with E-state index in [-0.39, 0.29) is 23.1 Å². The monoisotopic (exact) mass is 532 g/mol. The summed E-state index contributed by atoms with van der Waals surface area (Å²) in [5.41, 5.74) is 0.756. The molecule has 1 N–H and O–H groups in total. The van der Waals surface area contributed by atoms with Gasteiger partial charge in [-0.25, -0.2) is 9.97 Å². The number of rotatable bonds is 7. The zero-order valence-electron chi connectivity index (χ0n) is 20.1. The molecule has 3 rings (SSSR count). The summed E-state index contributed by atoms with van der Waals surface area (Å²) in [6.45, 7) is 2.87. The van der Waals surface area contributed by atoms with Crippen molar-refractivity contribution in [2.45, 2.75) is 39.2 Å². The Labute approximate surface area is 208 Å². The van der Waals surface area contributed by atoms with Crippen LogP contribution in [0.25, 0.3) is 0 Å². The number of alkyl halides is 7. The molecule has 1 aromatic heterocycles. The van der Waals surface area contributed by atoms with Crippen molar-refractivity contribution in [3.63, 3.8) is 0 Å². The lowest BCUT2D eigenvalue weighted by Gasteiger charge is -2.13. The van der Waals surface area contributed by atoms with E-state index < -0.39 is 24.1 Å². The minimum atomic E-state index is -4.78. The molecular formula is C24H23F7N4O2. The molecule has 1 heterocycles. The van der Waals surface area contributed by atoms with Crippen LogP contribution in [-0.4, -0.2) is 35.7 Å². The second kappa shape index (κ2) is 11.9. The summed E-state index contributed by atoms with van der Waals surface area (Å²) in [4.78, 5) is 11.4. The van der Waals surface area contributed by atoms with Gasteiger partial charge in [0, 0.05) is 38.9 Å². The number of aromatic nitrogens is 2. The number of aryl methyl sites for hydroxylation is 1. The first-order valence-electron chi connectivity index (χ1n) is 10.5. The fourth-order valence-corrected chi connectivity index (χ4v) is 2.72. The van der Waals surface area contributed by atoms with E-state index in [0.29, 0.717) is 19.5 Å². The molecule has 0 aliphatic rings. The Bertz CT molecular complexity index is 1170. The highest BCUT2D eigenvalue weighted by atomic mass is 19.4. The number of hydrogen-bond acceptors (Lipinski definition) is 6. The van der Waals surface area contributed by atoms with Crippen LogP contribution >= 0.6 is 0 Å². The molecule has 0 spiro atoms. The number of halogens is 7. The Morgan fingerprint density at radius 1 is 0.811 bits per heavy atom. The van der Waals surface area contributed by atoms with Gasteiger partial charge in [0.2, 0.25) is 0 Å². The van der Waals surface area contributed by atoms with Crippen LogP contribution in [0.2, 0.25) is 0 Å². The number of hydrogen-bond donors (Lipinski definition) is 1. The van der Waals surface area contributed by atoms with E-state index in [2.05, 4.69) is 29.8 Å². The van der Waals surface area contributed by atoms with E-state index in [4.69, 9.17) is 0 Å². The molecule has 0 aliphatic carbocycles. The number of benzene rings is 2. The van der Waals surface area contributed by atoms with Crippen LogP contribution in [0.5, 0.6) is 11.5 Å². The third kappa shape index (κ3) is 11.1. The molecule has 0 radical (unpaired) electrons. The average Bonchev–Trinajstić information content (AvgIpc) is 2.74. The molecule has 37 heavy (non-hydrogen) atoms. The zero-order chi connectivity index (χ0) is 27.9. The summed E-state index contributed by atoms with van der Waals surface area (Å²) in [5.74, 6) is -3.12. The molecule has 0 saturated heterocycles. The van der Waals surface area contributed by atoms with Crippen LogP contribution in [0.15, 0.2) is 59.6 Å². The minimum absolute atomic E-state index is 0.110. The minimum Gasteiger partial charge on any atom is -0.433 e. The van der Waals surface area contributed by atoms with Crippen LogP contribution < -0.4 is 14.8 Å². The normalized spacial score (nSPS) is 12.1. The maximum atomic E-state index is 13.3. The third-order valence-electron chi connectivity index (χ3n) is 4.10. The average molecular weight is 532 g/mol. The van der Waals surface area contributed by atoms with Crippen LogP contribution in [0.1, 0.15) is 30.9 Å². The first-order chi connectivity index (χ1) is 17.0. The van der Waals surface area contributed by atoms with Gasteiger partial charge in [0.15, 0.2) is 0 Å². The van der Waals surface area contributed by atoms with Gasteiger partial charge in [0.25, 0.3) is 5.92 Å². The largest absolute Gasteiger partial charge is 0.573 e. The highest BCUT2D eigenvalue weighted by molar-refractivity contribution is 5.79. The second-order valence-corrected chi connectivity index (χ2v) is 7.64. The van der Waals surface area contributed by atoms with Crippen molar-refractivity contribution >= 4 is 17.7 Å². The molecule has 3 aromatic rings. The first-order valence-corrected chi connectivity index (χ1v) is 10.5. The van der Waals surface area contributed by atoms with E-state index in [1.165, 1.54) is 31.2 Å². The number of nitrogens with zero attached hydrogens (tertiary/aromatic N) is 3. The van der Waals surface area contributed by atoms with Gasteiger partial charge < -0.3 is 14.8 Å². The molecule has 2 aromatic carbocycles. The first kappa shape index (κ1) is 29.3. The SMILES string of the molecule is CN=Cc1ccc(OC(C)(F)F)cc1.Cc1nc(Nc2ccc(OC(F)(F)F)cc2)cc(C(C)(F)F)n1. The predicted molar refractivity (Wildman–Crippen MR) is 124 cm³/mol. The highest BCUT2D eigenvalue weighted by Gasteiger charge is 2.31. The fourth-order valence-electron chi connectivity index (χ4n) is 2.72. The Morgan fingerprint density at radius 3 is 1.84 bits per heavy atom. The molecular weight excluding hydrogens is 509 g/mol. The molecule has 0 saturated carbocycles. The lowest BCUT2D eigenvalue weighted by Crippen LogP contribution is -2.18. The van der Waals surface area contributed by atoms with Gasteiger partial charge >= 0.3 is 12.5 Å². The van der Waals surface area contributed by atoms with Gasteiger partial charge in [-0.3, -0.25) is 4.99 Å². The molecule has 0 bridgehead atoms. The fraction of sp³-hybridized carbons (Fsp3) is 0.292. The van der Waals surface area contributed by atoms with Gasteiger partial charge in [-0.1, -0.05) is 0 Å². The summed E-state index contributed by atoms with van der Waals surface area (Å²) in [6.07, 6.45) is -6.28. The standard InChI is InChI=1S/C14H12F5N3O.C10H11F2NO/c1-8-20-11(13(2,15)16)7-12(21-8)22-9-3-5-10(6-4-9)23-14(17,18)19;1-10(11,12)14-9-5-3-8(4-6-9)7-13-2/h3-7H,1-2H3,(H,20,21,22);3-7H,1-2H3. The van der Waals surface area contributed by atoms with Crippen molar-refractivity contribution in [1.29, 1.82) is 0 Å². The smallest absolute Gasteiger partial charge is 0.433 e. The topological polar surface area (TPSA) is 68.6 Å². The molecule has 0 unspecified atom stereocenters. The lowest BCUT2D eigenvalue weighted by molar-refractivity contribution is -0.274. The number of nitrogens with one attached hydrogen (secondary N) is 1. The maximum absolute atomic E-state index is 13.3. The van der Waals surface area contributed by atoms with Crippen molar-refractivity contribution in [2.24, 2.45) is 4.99 Å². The Morgan fingerprint density at radius 2 is 1.35 bits per heavy atom. The Balaban J connectivity index is 0.000000294. The molecule has 6 nitrogen and oxygen atoms in total. The third-order valence-corrected chi connectivity index (χ3v) is 4.10. The molecule has 0 amide bonds. The van der Waals surface area contributed by atoms with Crippen LogP contribution in [-0.2, 0) is 5.92 Å². The number of aliphatic imine (C=N–C) groups is 1. The van der Waals surface area contributed by atoms with Crippen molar-refractivity contribution in [1.82, 2.24) is 9.97 Å². The van der Waals surface area contributed by atoms with Gasteiger partial charge in [-0.2, -0.15) is 17.6 Å². The molecule has 13 heteroatoms. The molecule has 0 atom stereocenters. The summed E-state index contributed by atoms with van der Waals surface area (Å²) in [5, 5.41) is 2.73. The predicted octanol–water partition coefficient (Wildman–Crippen LogP) is 7.27. The summed E-state index contributed by atoms with van der Waals surface area (Å²) < 4.78 is 95.7. The summed E-state index contributed by atoms with van der Waals surface area (Å²) in [6, 6.07) is 12.2. The van der Waals surface area contributed by atoms with Crippen molar-refractivity contribution in [3.05, 3.63) is 71.7 Å². The summed E-state index contributed by atoms with van der Waals surface area (Å²) in [7, 11) is 1.64. The molecule has 200 valence electrons. The van der Waals surface area contributed by atoms with E-state index >= 15 is 0 Å². The van der Waals surface area contributed by atoms with E-state index in [0.717, 1.165) is 23.8 Å². The van der Waals surface area contributed by atoms with Crippen molar-refractivity contribution in [3.8, 4) is 11.5 Å². The quantitative estimate of drug-likeness (QED) is 0.256. The van der Waals surface area contributed by atoms with Gasteiger partial charge in [-0.15, -0.1) is 13.2 Å². The van der Waals surface area contributed by atoms with Gasteiger partial charge in [0.05, 0.1) is 0 Å². The Hall–Kier alpha value is -3.90. The van der Waals surface area contributed by atoms with Crippen LogP contribution in [0, 0.1) is 6.92 Å². The molecule has 0 fully saturated rings.